The first-order chi connectivity index (χ1) is 12.8. The van der Waals surface area contributed by atoms with E-state index in [4.69, 9.17) is 4.74 Å². The first-order valence-corrected chi connectivity index (χ1v) is 8.75. The number of piperidine rings is 1. The third-order valence-corrected chi connectivity index (χ3v) is 4.35. The van der Waals surface area contributed by atoms with E-state index in [9.17, 15) is 23.2 Å². The van der Waals surface area contributed by atoms with Crippen molar-refractivity contribution in [3.8, 4) is 0 Å². The number of halogens is 2. The molecule has 3 amide bonds. The normalized spacial score (nSPS) is 14.6. The van der Waals surface area contributed by atoms with Gasteiger partial charge < -0.3 is 19.9 Å². The Labute approximate surface area is 156 Å². The second-order valence-electron chi connectivity index (χ2n) is 6.24. The summed E-state index contributed by atoms with van der Waals surface area (Å²) in [6, 6.07) is 2.62. The molecule has 1 saturated heterocycles. The van der Waals surface area contributed by atoms with Gasteiger partial charge in [0.15, 0.2) is 0 Å². The molecule has 0 saturated carbocycles. The van der Waals surface area contributed by atoms with Crippen LogP contribution in [0.25, 0.3) is 0 Å². The molecule has 0 bridgehead atoms. The third kappa shape index (κ3) is 5.63. The highest BCUT2D eigenvalue weighted by Gasteiger charge is 2.30. The van der Waals surface area contributed by atoms with Crippen molar-refractivity contribution < 1.29 is 27.9 Å². The van der Waals surface area contributed by atoms with Crippen molar-refractivity contribution in [2.75, 3.05) is 31.6 Å². The van der Waals surface area contributed by atoms with Crippen molar-refractivity contribution in [1.29, 1.82) is 0 Å². The maximum Gasteiger partial charge on any atom is 0.409 e. The summed E-state index contributed by atoms with van der Waals surface area (Å²) in [6.07, 6.45) is 0.627. The summed E-state index contributed by atoms with van der Waals surface area (Å²) < 4.78 is 31.6. The van der Waals surface area contributed by atoms with Crippen LogP contribution in [0.3, 0.4) is 0 Å². The minimum absolute atomic E-state index is 0.151. The third-order valence-electron chi connectivity index (χ3n) is 4.35. The number of carbonyl (C=O) groups is 3. The first-order valence-electron chi connectivity index (χ1n) is 8.75. The smallest absolute Gasteiger partial charge is 0.409 e. The minimum atomic E-state index is -0.888. The van der Waals surface area contributed by atoms with Crippen LogP contribution in [0.2, 0.25) is 0 Å². The summed E-state index contributed by atoms with van der Waals surface area (Å²) in [6.45, 7) is 3.95. The average Bonchev–Trinajstić information content (AvgIpc) is 2.62. The summed E-state index contributed by atoms with van der Waals surface area (Å²) in [7, 11) is 0. The van der Waals surface area contributed by atoms with Gasteiger partial charge in [0.25, 0.3) is 0 Å². The number of nitrogens with one attached hydrogen (secondary N) is 1. The zero-order valence-electron chi connectivity index (χ0n) is 15.3. The molecule has 0 aromatic heterocycles. The van der Waals surface area contributed by atoms with E-state index in [0.717, 1.165) is 12.1 Å². The van der Waals surface area contributed by atoms with E-state index in [1.807, 2.05) is 0 Å². The molecule has 1 heterocycles. The van der Waals surface area contributed by atoms with Gasteiger partial charge in [-0.3, -0.25) is 9.59 Å². The van der Waals surface area contributed by atoms with Crippen molar-refractivity contribution in [2.24, 2.45) is 0 Å². The van der Waals surface area contributed by atoms with E-state index in [0.29, 0.717) is 38.6 Å². The molecule has 27 heavy (non-hydrogen) atoms. The summed E-state index contributed by atoms with van der Waals surface area (Å²) in [5, 5.41) is 2.35. The average molecular weight is 383 g/mol. The molecule has 0 aliphatic carbocycles. The molecular weight excluding hydrogens is 360 g/mol. The fourth-order valence-electron chi connectivity index (χ4n) is 3.01. The molecular formula is C18H23F2N3O4. The fraction of sp³-hybridized carbons (Fsp3) is 0.500. The number of likely N-dealkylation sites (tertiary alicyclic amines) is 1. The molecule has 0 spiro atoms. The van der Waals surface area contributed by atoms with Crippen LogP contribution in [0.15, 0.2) is 18.2 Å². The Balaban J connectivity index is 1.94. The van der Waals surface area contributed by atoms with Crippen molar-refractivity contribution in [1.82, 2.24) is 9.80 Å². The number of rotatable bonds is 5. The highest BCUT2D eigenvalue weighted by Crippen LogP contribution is 2.19. The minimum Gasteiger partial charge on any atom is -0.450 e. The largest absolute Gasteiger partial charge is 0.450 e. The van der Waals surface area contributed by atoms with Crippen molar-refractivity contribution >= 4 is 23.6 Å². The molecule has 7 nitrogen and oxygen atoms in total. The fourth-order valence-corrected chi connectivity index (χ4v) is 3.01. The number of benzene rings is 1. The lowest BCUT2D eigenvalue weighted by Gasteiger charge is -2.37. The Kier molecular flexibility index (Phi) is 7.09. The van der Waals surface area contributed by atoms with Crippen molar-refractivity contribution in [3.05, 3.63) is 29.8 Å². The van der Waals surface area contributed by atoms with Crippen LogP contribution < -0.4 is 5.32 Å². The Morgan fingerprint density at radius 1 is 1.26 bits per heavy atom. The van der Waals surface area contributed by atoms with Crippen molar-refractivity contribution in [2.45, 2.75) is 32.7 Å². The molecule has 148 valence electrons. The molecule has 1 fully saturated rings. The molecule has 1 N–H and O–H groups in total. The molecule has 1 aliphatic heterocycles. The number of hydrogen-bond donors (Lipinski definition) is 1. The number of nitrogens with zero attached hydrogens (tertiary/aromatic N) is 2. The van der Waals surface area contributed by atoms with E-state index in [2.05, 4.69) is 5.32 Å². The van der Waals surface area contributed by atoms with Gasteiger partial charge >= 0.3 is 6.09 Å². The lowest BCUT2D eigenvalue weighted by atomic mass is 10.0. The summed E-state index contributed by atoms with van der Waals surface area (Å²) in [4.78, 5) is 38.9. The highest BCUT2D eigenvalue weighted by molar-refractivity contribution is 5.94. The van der Waals surface area contributed by atoms with Gasteiger partial charge in [-0.15, -0.1) is 0 Å². The summed E-state index contributed by atoms with van der Waals surface area (Å²) >= 11 is 0. The first kappa shape index (κ1) is 20.6. The number of hydrogen-bond acceptors (Lipinski definition) is 4. The summed E-state index contributed by atoms with van der Waals surface area (Å²) in [5.74, 6) is -2.51. The number of carbonyl (C=O) groups excluding carboxylic acids is 3. The monoisotopic (exact) mass is 383 g/mol. The van der Waals surface area contributed by atoms with E-state index >= 15 is 0 Å². The zero-order valence-corrected chi connectivity index (χ0v) is 15.3. The van der Waals surface area contributed by atoms with E-state index < -0.39 is 23.6 Å². The Hall–Kier alpha value is -2.71. The Morgan fingerprint density at radius 3 is 2.48 bits per heavy atom. The van der Waals surface area contributed by atoms with Gasteiger partial charge in [0, 0.05) is 32.1 Å². The van der Waals surface area contributed by atoms with Crippen LogP contribution in [0.4, 0.5) is 19.3 Å². The molecule has 0 unspecified atom stereocenters. The van der Waals surface area contributed by atoms with Crippen LogP contribution in [-0.4, -0.2) is 60.0 Å². The second-order valence-corrected chi connectivity index (χ2v) is 6.24. The van der Waals surface area contributed by atoms with E-state index in [1.54, 1.807) is 11.8 Å². The van der Waals surface area contributed by atoms with Gasteiger partial charge in [0.05, 0.1) is 12.3 Å². The maximum absolute atomic E-state index is 13.7. The van der Waals surface area contributed by atoms with Crippen LogP contribution >= 0.6 is 0 Å². The molecule has 1 aliphatic rings. The highest BCUT2D eigenvalue weighted by atomic mass is 19.1. The van der Waals surface area contributed by atoms with Gasteiger partial charge in [-0.25, -0.2) is 13.6 Å². The Bertz CT molecular complexity index is 706. The van der Waals surface area contributed by atoms with Crippen LogP contribution in [-0.2, 0) is 14.3 Å². The van der Waals surface area contributed by atoms with Gasteiger partial charge in [0.1, 0.15) is 18.2 Å². The standard InChI is InChI=1S/C18H23F2N3O4/c1-3-27-18(26)22-8-6-14(7-9-22)23(12(2)24)11-17(25)21-16-5-4-13(19)10-15(16)20/h4-5,10,14H,3,6-9,11H2,1-2H3,(H,21,25). The topological polar surface area (TPSA) is 79.0 Å². The molecule has 1 aromatic carbocycles. The molecule has 2 rings (SSSR count). The zero-order chi connectivity index (χ0) is 20.0. The lowest BCUT2D eigenvalue weighted by molar-refractivity contribution is -0.136. The van der Waals surface area contributed by atoms with Crippen molar-refractivity contribution in [3.63, 3.8) is 0 Å². The van der Waals surface area contributed by atoms with Gasteiger partial charge in [-0.2, -0.15) is 0 Å². The van der Waals surface area contributed by atoms with Crippen LogP contribution in [0, 0.1) is 11.6 Å². The van der Waals surface area contributed by atoms with E-state index in [1.165, 1.54) is 11.8 Å². The molecule has 9 heteroatoms. The number of anilines is 1. The molecule has 1 aromatic rings. The van der Waals surface area contributed by atoms with Gasteiger partial charge in [-0.05, 0) is 31.9 Å². The van der Waals surface area contributed by atoms with Gasteiger partial charge in [0.2, 0.25) is 11.8 Å². The molecule has 0 radical (unpaired) electrons. The maximum atomic E-state index is 13.7. The van der Waals surface area contributed by atoms with Crippen LogP contribution in [0.5, 0.6) is 0 Å². The molecule has 0 atom stereocenters. The summed E-state index contributed by atoms with van der Waals surface area (Å²) in [5.41, 5.74) is -0.151. The Morgan fingerprint density at radius 2 is 1.93 bits per heavy atom. The SMILES string of the molecule is CCOC(=O)N1CCC(N(CC(=O)Nc2ccc(F)cc2F)C(C)=O)CC1. The predicted molar refractivity (Wildman–Crippen MR) is 94.0 cm³/mol. The van der Waals surface area contributed by atoms with Crippen LogP contribution in [0.1, 0.15) is 26.7 Å². The lowest BCUT2D eigenvalue weighted by Crippen LogP contribution is -2.50. The number of amides is 3. The number of ether oxygens (including phenoxy) is 1. The predicted octanol–water partition coefficient (Wildman–Crippen LogP) is 2.37. The quantitative estimate of drug-likeness (QED) is 0.847. The van der Waals surface area contributed by atoms with E-state index in [-0.39, 0.29) is 24.2 Å². The van der Waals surface area contributed by atoms with Gasteiger partial charge in [-0.1, -0.05) is 0 Å². The second kappa shape index (κ2) is 9.29.